The first-order valence-corrected chi connectivity index (χ1v) is 6.30. The molecule has 2 heteroatoms. The Labute approximate surface area is 103 Å². The summed E-state index contributed by atoms with van der Waals surface area (Å²) in [6.07, 6.45) is 1.03. The van der Waals surface area contributed by atoms with E-state index in [1.165, 1.54) is 5.56 Å². The number of amides is 1. The third-order valence-corrected chi connectivity index (χ3v) is 3.44. The molecular weight excluding hydrogens is 210 g/mol. The van der Waals surface area contributed by atoms with Crippen molar-refractivity contribution >= 4 is 11.6 Å². The van der Waals surface area contributed by atoms with E-state index >= 15 is 0 Å². The van der Waals surface area contributed by atoms with Crippen LogP contribution < -0.4 is 5.32 Å². The molecule has 0 spiro atoms. The molecule has 1 N–H and O–H groups in total. The van der Waals surface area contributed by atoms with E-state index in [-0.39, 0.29) is 17.2 Å². The van der Waals surface area contributed by atoms with E-state index < -0.39 is 0 Å². The van der Waals surface area contributed by atoms with E-state index in [0.717, 1.165) is 12.1 Å². The molecule has 2 unspecified atom stereocenters. The van der Waals surface area contributed by atoms with Gasteiger partial charge in [-0.15, -0.1) is 0 Å². The fraction of sp³-hybridized carbons (Fsp3) is 0.533. The minimum absolute atomic E-state index is 0.0546. The fourth-order valence-corrected chi connectivity index (χ4v) is 2.16. The van der Waals surface area contributed by atoms with Crippen molar-refractivity contribution in [1.29, 1.82) is 0 Å². The lowest BCUT2D eigenvalue weighted by Crippen LogP contribution is -2.20. The molecule has 2 rings (SSSR count). The van der Waals surface area contributed by atoms with Crippen molar-refractivity contribution in [3.8, 4) is 0 Å². The maximum atomic E-state index is 12.0. The minimum Gasteiger partial charge on any atom is -0.326 e. The summed E-state index contributed by atoms with van der Waals surface area (Å²) in [5, 5.41) is 3.07. The summed E-state index contributed by atoms with van der Waals surface area (Å²) in [6, 6.07) is 8.08. The topological polar surface area (TPSA) is 29.1 Å². The number of rotatable bonds is 2. The number of hydrogen-bond acceptors (Lipinski definition) is 1. The van der Waals surface area contributed by atoms with Gasteiger partial charge in [0.05, 0.1) is 0 Å². The van der Waals surface area contributed by atoms with Crippen LogP contribution >= 0.6 is 0 Å². The van der Waals surface area contributed by atoms with E-state index in [0.29, 0.717) is 5.92 Å². The van der Waals surface area contributed by atoms with Gasteiger partial charge in [0.15, 0.2) is 0 Å². The molecule has 0 radical (unpaired) electrons. The predicted octanol–water partition coefficient (Wildman–Crippen LogP) is 3.58. The molecule has 1 amide bonds. The van der Waals surface area contributed by atoms with E-state index in [9.17, 15) is 4.79 Å². The highest BCUT2D eigenvalue weighted by Crippen LogP contribution is 2.39. The molecule has 0 heterocycles. The zero-order valence-electron chi connectivity index (χ0n) is 11.1. The highest BCUT2D eigenvalue weighted by atomic mass is 16.2. The third-order valence-electron chi connectivity index (χ3n) is 3.44. The maximum Gasteiger partial charge on any atom is 0.227 e. The number of hydrogen-bond donors (Lipinski definition) is 1. The highest BCUT2D eigenvalue weighted by molar-refractivity contribution is 5.95. The van der Waals surface area contributed by atoms with Crippen molar-refractivity contribution in [2.75, 3.05) is 5.32 Å². The first-order valence-electron chi connectivity index (χ1n) is 6.30. The summed E-state index contributed by atoms with van der Waals surface area (Å²) >= 11 is 0. The second-order valence-electron chi connectivity index (χ2n) is 6.10. The van der Waals surface area contributed by atoms with Gasteiger partial charge in [-0.05, 0) is 29.4 Å². The van der Waals surface area contributed by atoms with E-state index in [1.807, 2.05) is 18.2 Å². The van der Waals surface area contributed by atoms with Gasteiger partial charge < -0.3 is 5.32 Å². The molecule has 0 aliphatic heterocycles. The first-order chi connectivity index (χ1) is 7.89. The molecule has 1 aliphatic carbocycles. The van der Waals surface area contributed by atoms with Crippen LogP contribution in [0, 0.1) is 11.8 Å². The maximum absolute atomic E-state index is 12.0. The van der Waals surface area contributed by atoms with Crippen LogP contribution in [0.25, 0.3) is 0 Å². The Hall–Kier alpha value is -1.31. The highest BCUT2D eigenvalue weighted by Gasteiger charge is 2.39. The van der Waals surface area contributed by atoms with Gasteiger partial charge in [-0.2, -0.15) is 0 Å². The quantitative estimate of drug-likeness (QED) is 0.828. The molecule has 0 aromatic heterocycles. The van der Waals surface area contributed by atoms with Crippen molar-refractivity contribution in [3.63, 3.8) is 0 Å². The van der Waals surface area contributed by atoms with E-state index in [1.54, 1.807) is 0 Å². The lowest BCUT2D eigenvalue weighted by Gasteiger charge is -2.23. The molecule has 1 fully saturated rings. The summed E-state index contributed by atoms with van der Waals surface area (Å²) in [5.74, 6) is 0.953. The smallest absolute Gasteiger partial charge is 0.227 e. The summed E-state index contributed by atoms with van der Waals surface area (Å²) in [4.78, 5) is 12.0. The molecule has 1 aromatic rings. The number of nitrogens with one attached hydrogen (secondary N) is 1. The van der Waals surface area contributed by atoms with Gasteiger partial charge >= 0.3 is 0 Å². The van der Waals surface area contributed by atoms with Crippen molar-refractivity contribution < 1.29 is 4.79 Å². The van der Waals surface area contributed by atoms with Crippen LogP contribution in [-0.4, -0.2) is 5.91 Å². The standard InChI is InChI=1S/C15H21NO/c1-10-9-11(10)14(17)16-13-8-6-5-7-12(13)15(2,3)4/h5-8,10-11H,9H2,1-4H3,(H,16,17). The van der Waals surface area contributed by atoms with Crippen LogP contribution in [0.2, 0.25) is 0 Å². The molecule has 17 heavy (non-hydrogen) atoms. The second-order valence-corrected chi connectivity index (χ2v) is 6.10. The molecule has 1 aromatic carbocycles. The molecule has 1 saturated carbocycles. The second kappa shape index (κ2) is 4.17. The van der Waals surface area contributed by atoms with Crippen LogP contribution in [0.3, 0.4) is 0 Å². The summed E-state index contributed by atoms with van der Waals surface area (Å²) < 4.78 is 0. The van der Waals surface area contributed by atoms with E-state index in [2.05, 4.69) is 39.1 Å². The Kier molecular flexibility index (Phi) is 2.98. The first kappa shape index (κ1) is 12.2. The van der Waals surface area contributed by atoms with Gasteiger partial charge in [-0.25, -0.2) is 0 Å². The number of anilines is 1. The zero-order valence-corrected chi connectivity index (χ0v) is 11.1. The molecule has 2 atom stereocenters. The van der Waals surface area contributed by atoms with E-state index in [4.69, 9.17) is 0 Å². The average molecular weight is 231 g/mol. The molecule has 0 bridgehead atoms. The molecule has 92 valence electrons. The zero-order chi connectivity index (χ0) is 12.6. The monoisotopic (exact) mass is 231 g/mol. The molecule has 2 nitrogen and oxygen atoms in total. The summed E-state index contributed by atoms with van der Waals surface area (Å²) in [7, 11) is 0. The average Bonchev–Trinajstić information content (AvgIpc) is 2.95. The number of benzene rings is 1. The van der Waals surface area contributed by atoms with Crippen LogP contribution in [0.15, 0.2) is 24.3 Å². The van der Waals surface area contributed by atoms with Gasteiger partial charge in [-0.1, -0.05) is 45.9 Å². The van der Waals surface area contributed by atoms with Crippen LogP contribution in [-0.2, 0) is 10.2 Å². The van der Waals surface area contributed by atoms with Crippen molar-refractivity contribution in [2.24, 2.45) is 11.8 Å². The van der Waals surface area contributed by atoms with Gasteiger partial charge in [0.1, 0.15) is 0 Å². The van der Waals surface area contributed by atoms with Crippen molar-refractivity contribution in [3.05, 3.63) is 29.8 Å². The molecular formula is C15H21NO. The Morgan fingerprint density at radius 1 is 1.29 bits per heavy atom. The predicted molar refractivity (Wildman–Crippen MR) is 71.0 cm³/mol. The summed E-state index contributed by atoms with van der Waals surface area (Å²) in [6.45, 7) is 8.62. The number of carbonyl (C=O) groups excluding carboxylic acids is 1. The van der Waals surface area contributed by atoms with Gasteiger partial charge in [0, 0.05) is 11.6 Å². The fourth-order valence-electron chi connectivity index (χ4n) is 2.16. The summed E-state index contributed by atoms with van der Waals surface area (Å²) in [5.41, 5.74) is 2.21. The molecule has 1 aliphatic rings. The van der Waals surface area contributed by atoms with Crippen molar-refractivity contribution in [2.45, 2.75) is 39.5 Å². The lowest BCUT2D eigenvalue weighted by molar-refractivity contribution is -0.117. The Balaban J connectivity index is 2.18. The minimum atomic E-state index is 0.0546. The normalized spacial score (nSPS) is 23.3. The lowest BCUT2D eigenvalue weighted by atomic mass is 9.86. The Bertz CT molecular complexity index is 431. The third kappa shape index (κ3) is 2.68. The van der Waals surface area contributed by atoms with Crippen LogP contribution in [0.1, 0.15) is 39.7 Å². The van der Waals surface area contributed by atoms with Gasteiger partial charge in [-0.3, -0.25) is 4.79 Å². The number of carbonyl (C=O) groups is 1. The van der Waals surface area contributed by atoms with Crippen molar-refractivity contribution in [1.82, 2.24) is 0 Å². The van der Waals surface area contributed by atoms with Gasteiger partial charge in [0.25, 0.3) is 0 Å². The van der Waals surface area contributed by atoms with Crippen LogP contribution in [0.4, 0.5) is 5.69 Å². The SMILES string of the molecule is CC1CC1C(=O)Nc1ccccc1C(C)(C)C. The Morgan fingerprint density at radius 2 is 1.88 bits per heavy atom. The largest absolute Gasteiger partial charge is 0.326 e. The van der Waals surface area contributed by atoms with Gasteiger partial charge in [0.2, 0.25) is 5.91 Å². The Morgan fingerprint density at radius 3 is 2.41 bits per heavy atom. The molecule has 0 saturated heterocycles. The van der Waals surface area contributed by atoms with Crippen LogP contribution in [0.5, 0.6) is 0 Å². The number of para-hydroxylation sites is 1.